The zero-order valence-corrected chi connectivity index (χ0v) is 11.7. The van der Waals surface area contributed by atoms with E-state index in [1.165, 1.54) is 6.92 Å². The van der Waals surface area contributed by atoms with Gasteiger partial charge in [0.2, 0.25) is 15.9 Å². The van der Waals surface area contributed by atoms with E-state index in [9.17, 15) is 13.2 Å². The van der Waals surface area contributed by atoms with Gasteiger partial charge in [-0.15, -0.1) is 0 Å². The number of benzene rings is 1. The largest absolute Gasteiger partial charge is 0.355 e. The molecule has 0 aliphatic carbocycles. The maximum atomic E-state index is 11.8. The van der Waals surface area contributed by atoms with Crippen LogP contribution in [0.1, 0.15) is 18.1 Å². The Balaban J connectivity index is 2.46. The van der Waals surface area contributed by atoms with E-state index in [1.54, 1.807) is 12.1 Å². The molecule has 1 aromatic carbocycles. The molecule has 0 aromatic heterocycles. The molecule has 19 heavy (non-hydrogen) atoms. The van der Waals surface area contributed by atoms with Gasteiger partial charge in [0.05, 0.1) is 5.75 Å². The van der Waals surface area contributed by atoms with E-state index < -0.39 is 10.0 Å². The first-order valence-corrected chi connectivity index (χ1v) is 7.58. The molecule has 1 amide bonds. The second-order valence-corrected chi connectivity index (χ2v) is 5.96. The van der Waals surface area contributed by atoms with Gasteiger partial charge in [0.1, 0.15) is 0 Å². The van der Waals surface area contributed by atoms with Crippen molar-refractivity contribution >= 4 is 15.9 Å². The van der Waals surface area contributed by atoms with Gasteiger partial charge in [0, 0.05) is 26.6 Å². The highest BCUT2D eigenvalue weighted by Gasteiger charge is 2.10. The standard InChI is InChI=1S/C12H19N3O3S/c1-10(16)14-6-7-15-19(17,18)9-12-4-2-11(8-13)3-5-12/h2-5,15H,6-9,13H2,1H3,(H,14,16). The van der Waals surface area contributed by atoms with Crippen LogP contribution in [0.4, 0.5) is 0 Å². The number of sulfonamides is 1. The Morgan fingerprint density at radius 1 is 1.16 bits per heavy atom. The SMILES string of the molecule is CC(=O)NCCNS(=O)(=O)Cc1ccc(CN)cc1. The maximum absolute atomic E-state index is 11.8. The van der Waals surface area contributed by atoms with Gasteiger partial charge < -0.3 is 11.1 Å². The Hall–Kier alpha value is -1.44. The number of nitrogens with one attached hydrogen (secondary N) is 2. The average molecular weight is 285 g/mol. The van der Waals surface area contributed by atoms with E-state index in [0.29, 0.717) is 12.1 Å². The van der Waals surface area contributed by atoms with E-state index >= 15 is 0 Å². The third-order valence-electron chi connectivity index (χ3n) is 2.44. The monoisotopic (exact) mass is 285 g/mol. The van der Waals surface area contributed by atoms with Crippen molar-refractivity contribution in [2.75, 3.05) is 13.1 Å². The molecule has 0 bridgehead atoms. The minimum atomic E-state index is -3.38. The van der Waals surface area contributed by atoms with Crippen LogP contribution in [0, 0.1) is 0 Å². The highest BCUT2D eigenvalue weighted by atomic mass is 32.2. The van der Waals surface area contributed by atoms with Crippen molar-refractivity contribution < 1.29 is 13.2 Å². The number of carbonyl (C=O) groups is 1. The van der Waals surface area contributed by atoms with Gasteiger partial charge in [-0.25, -0.2) is 13.1 Å². The van der Waals surface area contributed by atoms with Crippen LogP contribution in [-0.4, -0.2) is 27.4 Å². The lowest BCUT2D eigenvalue weighted by Gasteiger charge is -2.07. The van der Waals surface area contributed by atoms with Gasteiger partial charge >= 0.3 is 0 Å². The lowest BCUT2D eigenvalue weighted by molar-refractivity contribution is -0.118. The van der Waals surface area contributed by atoms with Crippen molar-refractivity contribution in [1.82, 2.24) is 10.0 Å². The third kappa shape index (κ3) is 6.32. The molecule has 0 unspecified atom stereocenters. The first-order chi connectivity index (χ1) is 8.93. The zero-order chi connectivity index (χ0) is 14.3. The lowest BCUT2D eigenvalue weighted by atomic mass is 10.1. The highest BCUT2D eigenvalue weighted by Crippen LogP contribution is 2.07. The van der Waals surface area contributed by atoms with Crippen molar-refractivity contribution in [1.29, 1.82) is 0 Å². The van der Waals surface area contributed by atoms with E-state index in [2.05, 4.69) is 10.0 Å². The summed E-state index contributed by atoms with van der Waals surface area (Å²) in [5, 5.41) is 2.52. The fourth-order valence-electron chi connectivity index (χ4n) is 1.49. The number of hydrogen-bond acceptors (Lipinski definition) is 4. The first-order valence-electron chi connectivity index (χ1n) is 5.92. The van der Waals surface area contributed by atoms with Gasteiger partial charge in [-0.2, -0.15) is 0 Å². The second kappa shape index (κ2) is 7.22. The van der Waals surface area contributed by atoms with Crippen molar-refractivity contribution in [3.8, 4) is 0 Å². The molecule has 4 N–H and O–H groups in total. The molecule has 0 atom stereocenters. The molecular formula is C12H19N3O3S. The summed E-state index contributed by atoms with van der Waals surface area (Å²) < 4.78 is 25.9. The molecule has 0 fully saturated rings. The summed E-state index contributed by atoms with van der Waals surface area (Å²) in [5.41, 5.74) is 7.12. The van der Waals surface area contributed by atoms with Gasteiger partial charge in [-0.1, -0.05) is 24.3 Å². The highest BCUT2D eigenvalue weighted by molar-refractivity contribution is 7.88. The molecule has 0 saturated heterocycles. The summed E-state index contributed by atoms with van der Waals surface area (Å²) in [6.07, 6.45) is 0. The number of rotatable bonds is 7. The minimum Gasteiger partial charge on any atom is -0.355 e. The summed E-state index contributed by atoms with van der Waals surface area (Å²) in [6.45, 7) is 2.28. The molecular weight excluding hydrogens is 266 g/mol. The Morgan fingerprint density at radius 2 is 1.74 bits per heavy atom. The van der Waals surface area contributed by atoms with Gasteiger partial charge in [0.25, 0.3) is 0 Å². The summed E-state index contributed by atoms with van der Waals surface area (Å²) in [6, 6.07) is 7.11. The summed E-state index contributed by atoms with van der Waals surface area (Å²) >= 11 is 0. The Morgan fingerprint density at radius 3 is 2.26 bits per heavy atom. The van der Waals surface area contributed by atoms with Crippen molar-refractivity contribution in [3.63, 3.8) is 0 Å². The number of hydrogen-bond donors (Lipinski definition) is 3. The lowest BCUT2D eigenvalue weighted by Crippen LogP contribution is -2.34. The number of amides is 1. The second-order valence-electron chi connectivity index (χ2n) is 4.16. The van der Waals surface area contributed by atoms with Crippen LogP contribution in [0.2, 0.25) is 0 Å². The van der Waals surface area contributed by atoms with Gasteiger partial charge in [-0.3, -0.25) is 4.79 Å². The normalized spacial score (nSPS) is 11.3. The van der Waals surface area contributed by atoms with Crippen LogP contribution >= 0.6 is 0 Å². The molecule has 0 aliphatic rings. The zero-order valence-electron chi connectivity index (χ0n) is 10.8. The molecule has 0 radical (unpaired) electrons. The van der Waals surface area contributed by atoms with E-state index in [-0.39, 0.29) is 24.7 Å². The number of carbonyl (C=O) groups excluding carboxylic acids is 1. The van der Waals surface area contributed by atoms with Crippen molar-refractivity contribution in [2.45, 2.75) is 19.2 Å². The van der Waals surface area contributed by atoms with Crippen LogP contribution in [0.25, 0.3) is 0 Å². The predicted molar refractivity (Wildman–Crippen MR) is 73.6 cm³/mol. The molecule has 0 aliphatic heterocycles. The van der Waals surface area contributed by atoms with E-state index in [0.717, 1.165) is 5.56 Å². The fourth-order valence-corrected chi connectivity index (χ4v) is 2.63. The first kappa shape index (κ1) is 15.6. The van der Waals surface area contributed by atoms with Crippen LogP contribution < -0.4 is 15.8 Å². The molecule has 7 heteroatoms. The Bertz CT molecular complexity index is 512. The van der Waals surface area contributed by atoms with Crippen LogP contribution in [0.15, 0.2) is 24.3 Å². The van der Waals surface area contributed by atoms with Crippen molar-refractivity contribution in [2.24, 2.45) is 5.73 Å². The molecule has 106 valence electrons. The Labute approximate surface area is 113 Å². The predicted octanol–water partition coefficient (Wildman–Crippen LogP) is -0.299. The summed E-state index contributed by atoms with van der Waals surface area (Å²) in [5.74, 6) is -0.269. The molecule has 1 rings (SSSR count). The fraction of sp³-hybridized carbons (Fsp3) is 0.417. The van der Waals surface area contributed by atoms with Crippen LogP contribution in [0.3, 0.4) is 0 Å². The molecule has 0 heterocycles. The van der Waals surface area contributed by atoms with Gasteiger partial charge in [-0.05, 0) is 11.1 Å². The smallest absolute Gasteiger partial charge is 0.216 e. The topological polar surface area (TPSA) is 101 Å². The molecule has 0 saturated carbocycles. The quantitative estimate of drug-likeness (QED) is 0.599. The minimum absolute atomic E-state index is 0.0854. The van der Waals surface area contributed by atoms with Crippen molar-refractivity contribution in [3.05, 3.63) is 35.4 Å². The third-order valence-corrected chi connectivity index (χ3v) is 3.79. The summed E-state index contributed by atoms with van der Waals surface area (Å²) in [7, 11) is -3.38. The van der Waals surface area contributed by atoms with Crippen LogP contribution in [-0.2, 0) is 27.1 Å². The van der Waals surface area contributed by atoms with E-state index in [1.807, 2.05) is 12.1 Å². The Kier molecular flexibility index (Phi) is 5.94. The molecule has 6 nitrogen and oxygen atoms in total. The summed E-state index contributed by atoms with van der Waals surface area (Å²) in [4.78, 5) is 10.6. The van der Waals surface area contributed by atoms with Crippen LogP contribution in [0.5, 0.6) is 0 Å². The van der Waals surface area contributed by atoms with E-state index in [4.69, 9.17) is 5.73 Å². The average Bonchev–Trinajstić information content (AvgIpc) is 2.35. The van der Waals surface area contributed by atoms with Gasteiger partial charge in [0.15, 0.2) is 0 Å². The molecule has 1 aromatic rings. The molecule has 0 spiro atoms. The number of nitrogens with two attached hydrogens (primary N) is 1. The maximum Gasteiger partial charge on any atom is 0.216 e.